The summed E-state index contributed by atoms with van der Waals surface area (Å²) in [5.74, 6) is -0.0239. The average Bonchev–Trinajstić information content (AvgIpc) is 3.23. The highest BCUT2D eigenvalue weighted by Crippen LogP contribution is 2.15. The van der Waals surface area contributed by atoms with Crippen LogP contribution >= 0.6 is 0 Å². The van der Waals surface area contributed by atoms with Gasteiger partial charge in [-0.2, -0.15) is 13.2 Å². The summed E-state index contributed by atoms with van der Waals surface area (Å²) in [5, 5.41) is 11.1. The van der Waals surface area contributed by atoms with Gasteiger partial charge in [0.15, 0.2) is 6.33 Å². The smallest absolute Gasteiger partial charge is 0.338 e. The van der Waals surface area contributed by atoms with E-state index < -0.39 is 22.2 Å². The van der Waals surface area contributed by atoms with E-state index in [9.17, 15) is 13.2 Å². The third-order valence-corrected chi connectivity index (χ3v) is 4.43. The van der Waals surface area contributed by atoms with Crippen molar-refractivity contribution in [3.63, 3.8) is 0 Å². The van der Waals surface area contributed by atoms with E-state index in [0.717, 1.165) is 11.8 Å². The molecule has 0 radical (unpaired) electrons. The van der Waals surface area contributed by atoms with Gasteiger partial charge in [-0.1, -0.05) is 30.3 Å². The van der Waals surface area contributed by atoms with Crippen LogP contribution in [0.4, 0.5) is 0 Å². The van der Waals surface area contributed by atoms with Crippen molar-refractivity contribution >= 4 is 16.1 Å². The number of benzene rings is 2. The summed E-state index contributed by atoms with van der Waals surface area (Å²) in [4.78, 5) is 13.4. The van der Waals surface area contributed by atoms with E-state index in [0.29, 0.717) is 11.3 Å². The lowest BCUT2D eigenvalue weighted by atomic mass is 10.2. The molecule has 0 aliphatic carbocycles. The first kappa shape index (κ1) is 21.4. The van der Waals surface area contributed by atoms with Crippen LogP contribution in [0.2, 0.25) is 0 Å². The predicted molar refractivity (Wildman–Crippen MR) is 105 cm³/mol. The van der Waals surface area contributed by atoms with E-state index in [2.05, 4.69) is 15.4 Å². The minimum absolute atomic E-state index is 0.0387. The van der Waals surface area contributed by atoms with Crippen molar-refractivity contribution < 1.29 is 26.9 Å². The predicted octanol–water partition coefficient (Wildman–Crippen LogP) is 1.45. The molecule has 1 unspecified atom stereocenters. The van der Waals surface area contributed by atoms with Crippen molar-refractivity contribution in [3.05, 3.63) is 72.1 Å². The Kier molecular flexibility index (Phi) is 7.09. The lowest BCUT2D eigenvalue weighted by Gasteiger charge is -2.16. The number of ether oxygens (including phenoxy) is 2. The lowest BCUT2D eigenvalue weighted by Crippen LogP contribution is -2.30. The third kappa shape index (κ3) is 6.94. The van der Waals surface area contributed by atoms with E-state index in [1.807, 2.05) is 30.3 Å². The molecule has 0 aliphatic heterocycles. The summed E-state index contributed by atoms with van der Waals surface area (Å²) in [5.41, 5.74) is 1.26. The molecule has 3 rings (SSSR count). The van der Waals surface area contributed by atoms with Gasteiger partial charge in [-0.05, 0) is 35.0 Å². The van der Waals surface area contributed by atoms with Gasteiger partial charge in [-0.3, -0.25) is 4.18 Å². The number of carbonyl (C=O) groups is 1. The summed E-state index contributed by atoms with van der Waals surface area (Å²) in [6, 6.07) is 15.7. The number of esters is 1. The number of carbonyl (C=O) groups excluding carboxylic acids is 1. The Morgan fingerprint density at radius 2 is 1.83 bits per heavy atom. The van der Waals surface area contributed by atoms with E-state index in [4.69, 9.17) is 13.7 Å². The van der Waals surface area contributed by atoms with Gasteiger partial charge in [0, 0.05) is 0 Å². The molecule has 0 aliphatic rings. The van der Waals surface area contributed by atoms with Crippen molar-refractivity contribution in [1.82, 2.24) is 20.2 Å². The monoisotopic (exact) mass is 432 g/mol. The molecule has 0 bridgehead atoms. The normalized spacial score (nSPS) is 12.3. The van der Waals surface area contributed by atoms with Crippen LogP contribution in [0.1, 0.15) is 15.9 Å². The molecule has 0 amide bonds. The quantitative estimate of drug-likeness (QED) is 0.346. The number of hydrogen-bond acceptors (Lipinski definition) is 9. The highest BCUT2D eigenvalue weighted by atomic mass is 32.2. The summed E-state index contributed by atoms with van der Waals surface area (Å²) >= 11 is 0. The molecule has 3 aromatic rings. The van der Waals surface area contributed by atoms with E-state index in [1.54, 1.807) is 24.3 Å². The Labute approximate surface area is 173 Å². The van der Waals surface area contributed by atoms with Gasteiger partial charge < -0.3 is 9.47 Å². The third-order valence-electron chi connectivity index (χ3n) is 3.81. The van der Waals surface area contributed by atoms with Crippen molar-refractivity contribution in [2.24, 2.45) is 0 Å². The highest BCUT2D eigenvalue weighted by Gasteiger charge is 2.19. The first-order chi connectivity index (χ1) is 14.4. The zero-order valence-electron chi connectivity index (χ0n) is 16.1. The number of hydrogen-bond donors (Lipinski definition) is 0. The molecule has 1 atom stereocenters. The van der Waals surface area contributed by atoms with Gasteiger partial charge in [-0.25, -0.2) is 4.79 Å². The zero-order valence-corrected chi connectivity index (χ0v) is 16.9. The van der Waals surface area contributed by atoms with E-state index in [-0.39, 0.29) is 19.8 Å². The minimum Gasteiger partial charge on any atom is -0.491 e. The number of aromatic nitrogens is 4. The van der Waals surface area contributed by atoms with Crippen LogP contribution in [0.3, 0.4) is 0 Å². The molecule has 11 heteroatoms. The number of rotatable bonds is 10. The second-order valence-corrected chi connectivity index (χ2v) is 7.91. The maximum absolute atomic E-state index is 12.2. The van der Waals surface area contributed by atoms with Crippen LogP contribution in [0, 0.1) is 0 Å². The Bertz CT molecular complexity index is 1040. The second-order valence-electron chi connectivity index (χ2n) is 6.31. The number of tetrazole rings is 1. The molecule has 0 fully saturated rings. The molecule has 1 aromatic heterocycles. The fourth-order valence-corrected chi connectivity index (χ4v) is 3.11. The van der Waals surface area contributed by atoms with Gasteiger partial charge in [0.2, 0.25) is 0 Å². The van der Waals surface area contributed by atoms with Crippen LogP contribution < -0.4 is 4.74 Å². The largest absolute Gasteiger partial charge is 0.491 e. The zero-order chi connectivity index (χ0) is 21.4. The van der Waals surface area contributed by atoms with Gasteiger partial charge >= 0.3 is 5.97 Å². The van der Waals surface area contributed by atoms with Crippen LogP contribution in [0.25, 0.3) is 0 Å². The molecule has 0 saturated carbocycles. The highest BCUT2D eigenvalue weighted by molar-refractivity contribution is 7.86. The van der Waals surface area contributed by atoms with Gasteiger partial charge in [0.25, 0.3) is 10.1 Å². The van der Waals surface area contributed by atoms with Crippen LogP contribution in [0.15, 0.2) is 60.9 Å². The topological polar surface area (TPSA) is 123 Å². The molecule has 30 heavy (non-hydrogen) atoms. The summed E-state index contributed by atoms with van der Waals surface area (Å²) in [6.07, 6.45) is 1.32. The summed E-state index contributed by atoms with van der Waals surface area (Å²) < 4.78 is 38.8. The van der Waals surface area contributed by atoms with Crippen LogP contribution in [-0.2, 0) is 32.2 Å². The summed E-state index contributed by atoms with van der Waals surface area (Å²) in [6.45, 7) is 0.141. The van der Waals surface area contributed by atoms with Crippen molar-refractivity contribution in [2.45, 2.75) is 19.3 Å². The Hall–Kier alpha value is -3.31. The van der Waals surface area contributed by atoms with Gasteiger partial charge in [0.1, 0.15) is 25.1 Å². The van der Waals surface area contributed by atoms with Crippen molar-refractivity contribution in [3.8, 4) is 5.75 Å². The number of nitrogens with zero attached hydrogens (tertiary/aromatic N) is 4. The molecule has 10 nitrogen and oxygen atoms in total. The fourth-order valence-electron chi connectivity index (χ4n) is 2.50. The molecular weight excluding hydrogens is 412 g/mol. The Morgan fingerprint density at radius 3 is 2.47 bits per heavy atom. The minimum atomic E-state index is -3.71. The molecule has 1 heterocycles. The lowest BCUT2D eigenvalue weighted by molar-refractivity contribution is 0.0472. The summed E-state index contributed by atoms with van der Waals surface area (Å²) in [7, 11) is -3.71. The fraction of sp³-hybridized carbons (Fsp3) is 0.263. The molecule has 158 valence electrons. The van der Waals surface area contributed by atoms with Gasteiger partial charge in [-0.15, -0.1) is 10.2 Å². The van der Waals surface area contributed by atoms with E-state index in [1.165, 1.54) is 11.1 Å². The van der Waals surface area contributed by atoms with Crippen molar-refractivity contribution in [2.75, 3.05) is 12.9 Å². The first-order valence-electron chi connectivity index (χ1n) is 8.92. The molecule has 0 spiro atoms. The Morgan fingerprint density at radius 1 is 1.10 bits per heavy atom. The van der Waals surface area contributed by atoms with Crippen LogP contribution in [0.5, 0.6) is 5.75 Å². The average molecular weight is 432 g/mol. The molecular formula is C19H20N4O6S. The van der Waals surface area contributed by atoms with Crippen molar-refractivity contribution in [1.29, 1.82) is 0 Å². The van der Waals surface area contributed by atoms with Gasteiger partial charge in [0.05, 0.1) is 18.4 Å². The SMILES string of the molecule is CS(=O)(=O)OC(COc1ccc(C(=O)OCc2ccccc2)cc1)Cn1ncnn1. The molecule has 0 saturated heterocycles. The molecule has 0 N–H and O–H groups in total. The molecule has 2 aromatic carbocycles. The first-order valence-corrected chi connectivity index (χ1v) is 10.7. The van der Waals surface area contributed by atoms with E-state index >= 15 is 0 Å². The maximum atomic E-state index is 12.2. The second kappa shape index (κ2) is 9.94. The maximum Gasteiger partial charge on any atom is 0.338 e. The Balaban J connectivity index is 1.54. The standard InChI is InChI=1S/C19H20N4O6S/c1-30(25,26)29-18(11-23-21-14-20-22-23)13-27-17-9-7-16(8-10-17)19(24)28-12-15-5-3-2-4-6-15/h2-10,14,18H,11-13H2,1H3. The van der Waals surface area contributed by atoms with Crippen LogP contribution in [-0.4, -0.2) is 53.6 Å².